The number of rotatable bonds is 3. The minimum absolute atomic E-state index is 0.0123. The molecule has 4 aliphatic rings. The van der Waals surface area contributed by atoms with Crippen LogP contribution in [0.3, 0.4) is 0 Å². The zero-order valence-electron chi connectivity index (χ0n) is 23.8. The lowest BCUT2D eigenvalue weighted by Gasteiger charge is -2.52. The van der Waals surface area contributed by atoms with Gasteiger partial charge in [0, 0.05) is 38.8 Å². The van der Waals surface area contributed by atoms with Gasteiger partial charge in [0.1, 0.15) is 0 Å². The van der Waals surface area contributed by atoms with Crippen LogP contribution in [0.5, 0.6) is 0 Å². The van der Waals surface area contributed by atoms with Gasteiger partial charge in [0.25, 0.3) is 0 Å². The van der Waals surface area contributed by atoms with Crippen LogP contribution in [0.4, 0.5) is 9.59 Å². The molecule has 2 unspecified atom stereocenters. The molecule has 4 heterocycles. The number of amides is 2. The van der Waals surface area contributed by atoms with Crippen LogP contribution in [0.2, 0.25) is 0 Å². The van der Waals surface area contributed by atoms with Crippen LogP contribution in [0.15, 0.2) is 0 Å². The predicted molar refractivity (Wildman–Crippen MR) is 132 cm³/mol. The molecular weight excluding hydrogens is 464 g/mol. The Balaban J connectivity index is 1.57. The fraction of sp³-hybridized carbons (Fsp3) is 0.923. The maximum atomic E-state index is 13.1. The summed E-state index contributed by atoms with van der Waals surface area (Å²) in [6.45, 7) is 20.0. The summed E-state index contributed by atoms with van der Waals surface area (Å²) < 4.78 is 11.9. The molecule has 2 spiro atoms. The van der Waals surface area contributed by atoms with Gasteiger partial charge < -0.3 is 30.3 Å². The second-order valence-corrected chi connectivity index (χ2v) is 15.0. The largest absolute Gasteiger partial charge is 0.437 e. The normalized spacial score (nSPS) is 37.3. The molecule has 0 aromatic carbocycles. The summed E-state index contributed by atoms with van der Waals surface area (Å²) in [5.74, 6) is 0. The second kappa shape index (κ2) is 7.48. The summed E-state index contributed by atoms with van der Waals surface area (Å²) >= 11 is 0. The average molecular weight is 513 g/mol. The number of nitrogens with two attached hydrogens (primary N) is 2. The summed E-state index contributed by atoms with van der Waals surface area (Å²) in [6, 6.07) is 0. The highest BCUT2D eigenvalue weighted by Gasteiger charge is 2.70. The Kier molecular flexibility index (Phi) is 5.70. The first-order chi connectivity index (χ1) is 16.0. The molecule has 0 aromatic heterocycles. The molecule has 0 radical (unpaired) electrons. The lowest BCUT2D eigenvalue weighted by atomic mass is 9.68. The van der Waals surface area contributed by atoms with E-state index in [4.69, 9.17) is 9.47 Å². The molecule has 0 aliphatic carbocycles. The lowest BCUT2D eigenvalue weighted by molar-refractivity contribution is -0.794. The first kappa shape index (κ1) is 27.4. The van der Waals surface area contributed by atoms with Crippen LogP contribution in [0.1, 0.15) is 94.9 Å². The van der Waals surface area contributed by atoms with Crippen molar-refractivity contribution in [2.75, 3.05) is 13.1 Å². The molecule has 4 fully saturated rings. The van der Waals surface area contributed by atoms with E-state index in [0.29, 0.717) is 25.7 Å². The second-order valence-electron chi connectivity index (χ2n) is 15.0. The van der Waals surface area contributed by atoms with Gasteiger partial charge in [-0.05, 0) is 69.2 Å². The molecule has 0 bridgehead atoms. The number of aliphatic hydroxyl groups is 2. The number of hydrogen-bond donors (Lipinski definition) is 4. The van der Waals surface area contributed by atoms with Gasteiger partial charge in [0.2, 0.25) is 0 Å². The van der Waals surface area contributed by atoms with Gasteiger partial charge >= 0.3 is 12.2 Å². The molecule has 0 saturated carbocycles. The van der Waals surface area contributed by atoms with Crippen molar-refractivity contribution in [3.8, 4) is 0 Å². The summed E-state index contributed by atoms with van der Waals surface area (Å²) in [4.78, 5) is 28.9. The van der Waals surface area contributed by atoms with E-state index in [1.165, 1.54) is 9.80 Å². The monoisotopic (exact) mass is 512 g/mol. The average Bonchev–Trinajstić information content (AvgIpc) is 2.84. The van der Waals surface area contributed by atoms with E-state index >= 15 is 0 Å². The van der Waals surface area contributed by atoms with Crippen molar-refractivity contribution in [2.45, 2.75) is 140 Å². The SMILES string of the molecule is CC1(C)CC2(CC(C)(C)[NH2+]1)OC(=O)N(CCN1C(=O)OC3(CC(C)(C)[NH2+]C(C)(C)C3)C1(C)O)C2(C)O. The van der Waals surface area contributed by atoms with Crippen molar-refractivity contribution in [1.29, 1.82) is 0 Å². The lowest BCUT2D eigenvalue weighted by Crippen LogP contribution is -3.07. The van der Waals surface area contributed by atoms with Crippen molar-refractivity contribution in [3.63, 3.8) is 0 Å². The highest BCUT2D eigenvalue weighted by Crippen LogP contribution is 2.50. The summed E-state index contributed by atoms with van der Waals surface area (Å²) in [6.07, 6.45) is 0.755. The quantitative estimate of drug-likeness (QED) is 0.438. The Morgan fingerprint density at radius 1 is 0.611 bits per heavy atom. The summed E-state index contributed by atoms with van der Waals surface area (Å²) in [7, 11) is 0. The number of quaternary nitrogens is 2. The first-order valence-corrected chi connectivity index (χ1v) is 13.2. The van der Waals surface area contributed by atoms with Crippen molar-refractivity contribution in [1.82, 2.24) is 9.80 Å². The van der Waals surface area contributed by atoms with Gasteiger partial charge in [-0.25, -0.2) is 9.59 Å². The molecule has 4 rings (SSSR count). The van der Waals surface area contributed by atoms with E-state index in [2.05, 4.69) is 66.0 Å². The smallest absolute Gasteiger partial charge is 0.412 e. The van der Waals surface area contributed by atoms with Crippen molar-refractivity contribution in [3.05, 3.63) is 0 Å². The molecule has 10 heteroatoms. The number of carbonyl (C=O) groups is 2. The Morgan fingerprint density at radius 2 is 0.861 bits per heavy atom. The molecule has 4 saturated heterocycles. The number of hydrogen-bond acceptors (Lipinski definition) is 6. The third-order valence-electron chi connectivity index (χ3n) is 8.86. The topological polar surface area (TPSA) is 133 Å². The minimum Gasteiger partial charge on any atom is -0.437 e. The zero-order chi connectivity index (χ0) is 27.4. The molecule has 4 aliphatic heterocycles. The van der Waals surface area contributed by atoms with Crippen molar-refractivity contribution in [2.24, 2.45) is 0 Å². The molecule has 36 heavy (non-hydrogen) atoms. The summed E-state index contributed by atoms with van der Waals surface area (Å²) in [5.41, 5.74) is -6.28. The van der Waals surface area contributed by atoms with Crippen LogP contribution >= 0.6 is 0 Å². The van der Waals surface area contributed by atoms with Crippen LogP contribution in [-0.2, 0) is 9.47 Å². The number of piperidine rings is 2. The Hall–Kier alpha value is -1.62. The van der Waals surface area contributed by atoms with E-state index < -0.39 is 34.8 Å². The van der Waals surface area contributed by atoms with Gasteiger partial charge in [0.15, 0.2) is 22.7 Å². The highest BCUT2D eigenvalue weighted by molar-refractivity contribution is 5.74. The number of carbonyl (C=O) groups excluding carboxylic acids is 2. The van der Waals surface area contributed by atoms with Crippen LogP contribution in [0, 0.1) is 0 Å². The molecule has 0 aromatic rings. The fourth-order valence-corrected chi connectivity index (χ4v) is 8.51. The van der Waals surface area contributed by atoms with E-state index in [0.717, 1.165) is 0 Å². The van der Waals surface area contributed by atoms with E-state index in [1.807, 2.05) is 0 Å². The highest BCUT2D eigenvalue weighted by atomic mass is 16.6. The van der Waals surface area contributed by atoms with Crippen LogP contribution in [0.25, 0.3) is 0 Å². The Bertz CT molecular complexity index is 846. The van der Waals surface area contributed by atoms with Gasteiger partial charge in [0.05, 0.1) is 22.2 Å². The Morgan fingerprint density at radius 3 is 1.11 bits per heavy atom. The summed E-state index contributed by atoms with van der Waals surface area (Å²) in [5, 5.41) is 28.1. The maximum Gasteiger partial charge on any atom is 0.412 e. The zero-order valence-corrected chi connectivity index (χ0v) is 23.8. The Labute approximate surface area is 215 Å². The fourth-order valence-electron chi connectivity index (χ4n) is 8.51. The van der Waals surface area contributed by atoms with Crippen molar-refractivity contribution >= 4 is 12.2 Å². The standard InChI is InChI=1S/C26H46N4O6/c1-19(2)13-25(14-20(3,4)27-19)23(9,33)29(17(31)35-25)11-12-30-18(32)36-26(24(30,10)34)15-21(5,6)28-22(7,8)16-26/h27-28,33-34H,11-16H2,1-10H3/p+2. The van der Waals surface area contributed by atoms with Crippen molar-refractivity contribution < 1.29 is 39.9 Å². The number of nitrogens with zero attached hydrogens (tertiary/aromatic N) is 2. The van der Waals surface area contributed by atoms with Crippen LogP contribution < -0.4 is 10.6 Å². The van der Waals surface area contributed by atoms with E-state index in [-0.39, 0.29) is 35.2 Å². The van der Waals surface area contributed by atoms with E-state index in [1.54, 1.807) is 13.8 Å². The van der Waals surface area contributed by atoms with Gasteiger partial charge in [-0.15, -0.1) is 0 Å². The maximum absolute atomic E-state index is 13.1. The van der Waals surface area contributed by atoms with E-state index in [9.17, 15) is 19.8 Å². The molecule has 206 valence electrons. The molecular formula is C26H48N4O6+2. The molecule has 6 N–H and O–H groups in total. The number of ether oxygens (including phenoxy) is 2. The third kappa shape index (κ3) is 4.18. The molecule has 2 atom stereocenters. The third-order valence-corrected chi connectivity index (χ3v) is 8.86. The van der Waals surface area contributed by atoms with Gasteiger partial charge in [-0.2, -0.15) is 0 Å². The van der Waals surface area contributed by atoms with Gasteiger partial charge in [-0.1, -0.05) is 0 Å². The first-order valence-electron chi connectivity index (χ1n) is 13.2. The molecule has 10 nitrogen and oxygen atoms in total. The van der Waals surface area contributed by atoms with Gasteiger partial charge in [-0.3, -0.25) is 9.80 Å². The van der Waals surface area contributed by atoms with Crippen LogP contribution in [-0.4, -0.2) is 90.1 Å². The molecule has 2 amide bonds. The minimum atomic E-state index is -1.58. The predicted octanol–water partition coefficient (Wildman–Crippen LogP) is 0.614.